The molecule has 34 heavy (non-hydrogen) atoms. The maximum absolute atomic E-state index is 13.3. The molecular weight excluding hydrogens is 428 g/mol. The predicted octanol–water partition coefficient (Wildman–Crippen LogP) is 6.89. The van der Waals surface area contributed by atoms with Gasteiger partial charge in [-0.1, -0.05) is 56.1 Å². The largest absolute Gasteiger partial charge is 0.411 e. The Labute approximate surface area is 199 Å². The van der Waals surface area contributed by atoms with Crippen LogP contribution >= 0.6 is 0 Å². The van der Waals surface area contributed by atoms with Crippen LogP contribution in [-0.2, 0) is 5.41 Å². The monoisotopic (exact) mass is 456 g/mol. The first-order chi connectivity index (χ1) is 16.4. The molecule has 6 heteroatoms. The molecule has 6 nitrogen and oxygen atoms in total. The van der Waals surface area contributed by atoms with Crippen LogP contribution in [0.4, 0.5) is 5.69 Å². The lowest BCUT2D eigenvalue weighted by molar-refractivity contribution is -0.384. The first-order valence-corrected chi connectivity index (χ1v) is 11.6. The molecule has 1 aliphatic rings. The molecule has 1 aliphatic carbocycles. The quantitative estimate of drug-likeness (QED) is 0.131. The smallest absolute Gasteiger partial charge is 0.269 e. The molecule has 0 radical (unpaired) electrons. The molecule has 0 atom stereocenters. The van der Waals surface area contributed by atoms with Crippen LogP contribution < -0.4 is 0 Å². The molecule has 0 aliphatic heterocycles. The number of nitro benzene ring substituents is 1. The third-order valence-electron chi connectivity index (χ3n) is 6.88. The summed E-state index contributed by atoms with van der Waals surface area (Å²) in [4.78, 5) is 23.8. The number of benzene rings is 3. The number of ketones is 1. The summed E-state index contributed by atoms with van der Waals surface area (Å²) < 4.78 is 0. The Hall–Kier alpha value is -3.80. The Morgan fingerprint density at radius 3 is 1.88 bits per heavy atom. The van der Waals surface area contributed by atoms with Gasteiger partial charge in [0.2, 0.25) is 0 Å². The second-order valence-corrected chi connectivity index (χ2v) is 8.92. The average Bonchev–Trinajstić information content (AvgIpc) is 3.12. The van der Waals surface area contributed by atoms with Gasteiger partial charge in [0.15, 0.2) is 5.78 Å². The van der Waals surface area contributed by atoms with Crippen molar-refractivity contribution >= 4 is 17.2 Å². The number of hydrogen-bond acceptors (Lipinski definition) is 5. The van der Waals surface area contributed by atoms with E-state index in [1.54, 1.807) is 6.92 Å². The fourth-order valence-electron chi connectivity index (χ4n) is 5.34. The number of nitrogens with zero attached hydrogens (tertiary/aromatic N) is 2. The summed E-state index contributed by atoms with van der Waals surface area (Å²) in [7, 11) is 0. The SMILES string of the molecule is CCCC1(CCC)c2cc(C(=O)c3ccc([N+](=O)[O-])cc3)ccc2-c2ccc(/C(C)=N/O)cc21. The van der Waals surface area contributed by atoms with Gasteiger partial charge < -0.3 is 5.21 Å². The average molecular weight is 457 g/mol. The summed E-state index contributed by atoms with van der Waals surface area (Å²) in [6.07, 6.45) is 3.84. The van der Waals surface area contributed by atoms with Crippen molar-refractivity contribution in [2.24, 2.45) is 5.16 Å². The highest BCUT2D eigenvalue weighted by Gasteiger charge is 2.42. The minimum Gasteiger partial charge on any atom is -0.411 e. The summed E-state index contributed by atoms with van der Waals surface area (Å²) in [5, 5.41) is 23.7. The Bertz CT molecular complexity index is 1290. The fraction of sp³-hybridized carbons (Fsp3) is 0.286. The highest BCUT2D eigenvalue weighted by molar-refractivity contribution is 6.09. The molecule has 4 rings (SSSR count). The van der Waals surface area contributed by atoms with E-state index in [1.165, 1.54) is 29.8 Å². The second-order valence-electron chi connectivity index (χ2n) is 8.92. The van der Waals surface area contributed by atoms with E-state index in [4.69, 9.17) is 0 Å². The number of nitro groups is 1. The third-order valence-corrected chi connectivity index (χ3v) is 6.88. The van der Waals surface area contributed by atoms with Gasteiger partial charge in [-0.3, -0.25) is 14.9 Å². The van der Waals surface area contributed by atoms with Crippen LogP contribution in [0.1, 0.15) is 79.1 Å². The molecule has 0 saturated heterocycles. The molecule has 0 amide bonds. The van der Waals surface area contributed by atoms with Crippen LogP contribution in [0.5, 0.6) is 0 Å². The molecule has 0 fully saturated rings. The molecule has 0 unspecified atom stereocenters. The second kappa shape index (κ2) is 9.21. The highest BCUT2D eigenvalue weighted by Crippen LogP contribution is 2.54. The molecular formula is C28H28N2O4. The highest BCUT2D eigenvalue weighted by atomic mass is 16.6. The van der Waals surface area contributed by atoms with Gasteiger partial charge in [-0.2, -0.15) is 0 Å². The van der Waals surface area contributed by atoms with E-state index in [1.807, 2.05) is 24.3 Å². The first kappa shape index (κ1) is 23.4. The van der Waals surface area contributed by atoms with Gasteiger partial charge in [-0.05, 0) is 71.8 Å². The van der Waals surface area contributed by atoms with Crippen molar-refractivity contribution in [3.8, 4) is 11.1 Å². The molecule has 0 heterocycles. The minimum atomic E-state index is -0.470. The van der Waals surface area contributed by atoms with Crippen molar-refractivity contribution in [2.75, 3.05) is 0 Å². The van der Waals surface area contributed by atoms with Crippen LogP contribution in [0, 0.1) is 10.1 Å². The predicted molar refractivity (Wildman–Crippen MR) is 133 cm³/mol. The van der Waals surface area contributed by atoms with Crippen LogP contribution in [0.3, 0.4) is 0 Å². The van der Waals surface area contributed by atoms with Gasteiger partial charge in [0.25, 0.3) is 5.69 Å². The van der Waals surface area contributed by atoms with Crippen molar-refractivity contribution < 1.29 is 14.9 Å². The fourth-order valence-corrected chi connectivity index (χ4v) is 5.34. The molecule has 0 bridgehead atoms. The zero-order valence-electron chi connectivity index (χ0n) is 19.7. The van der Waals surface area contributed by atoms with Crippen molar-refractivity contribution in [2.45, 2.75) is 51.9 Å². The van der Waals surface area contributed by atoms with E-state index in [0.717, 1.165) is 47.9 Å². The van der Waals surface area contributed by atoms with Gasteiger partial charge in [0.1, 0.15) is 0 Å². The molecule has 0 saturated carbocycles. The molecule has 3 aromatic carbocycles. The lowest BCUT2D eigenvalue weighted by Crippen LogP contribution is -2.25. The maximum Gasteiger partial charge on any atom is 0.269 e. The molecule has 3 aromatic rings. The van der Waals surface area contributed by atoms with Crippen LogP contribution in [-0.4, -0.2) is 21.6 Å². The van der Waals surface area contributed by atoms with E-state index in [9.17, 15) is 20.1 Å². The van der Waals surface area contributed by atoms with Crippen LogP contribution in [0.15, 0.2) is 65.8 Å². The molecule has 0 aromatic heterocycles. The summed E-state index contributed by atoms with van der Waals surface area (Å²) in [6, 6.07) is 17.8. The third kappa shape index (κ3) is 3.79. The lowest BCUT2D eigenvalue weighted by atomic mass is 9.71. The Kier molecular flexibility index (Phi) is 6.33. The Morgan fingerprint density at radius 1 is 0.882 bits per heavy atom. The van der Waals surface area contributed by atoms with Crippen molar-refractivity contribution in [3.05, 3.63) is 98.6 Å². The standard InChI is InChI=1S/C28H28N2O4/c1-4-14-28(15-5-2)25-16-20(18(3)29-32)8-12-23(25)24-13-9-21(17-26(24)28)27(31)19-6-10-22(11-7-19)30(33)34/h6-13,16-17,32H,4-5,14-15H2,1-3H3/b29-18+. The van der Waals surface area contributed by atoms with Crippen molar-refractivity contribution in [1.82, 2.24) is 0 Å². The number of carbonyl (C=O) groups is 1. The summed E-state index contributed by atoms with van der Waals surface area (Å²) >= 11 is 0. The van der Waals surface area contributed by atoms with E-state index in [2.05, 4.69) is 31.1 Å². The number of carbonyl (C=O) groups excluding carboxylic acids is 1. The van der Waals surface area contributed by atoms with E-state index < -0.39 is 4.92 Å². The first-order valence-electron chi connectivity index (χ1n) is 11.6. The lowest BCUT2D eigenvalue weighted by Gasteiger charge is -2.32. The van der Waals surface area contributed by atoms with Gasteiger partial charge in [-0.15, -0.1) is 0 Å². The molecule has 174 valence electrons. The van der Waals surface area contributed by atoms with E-state index in [0.29, 0.717) is 16.8 Å². The molecule has 1 N–H and O–H groups in total. The Balaban J connectivity index is 1.85. The van der Waals surface area contributed by atoms with Gasteiger partial charge in [0, 0.05) is 28.7 Å². The zero-order chi connectivity index (χ0) is 24.5. The van der Waals surface area contributed by atoms with Crippen molar-refractivity contribution in [1.29, 1.82) is 0 Å². The Morgan fingerprint density at radius 2 is 1.38 bits per heavy atom. The van der Waals surface area contributed by atoms with E-state index in [-0.39, 0.29) is 16.9 Å². The topological polar surface area (TPSA) is 92.8 Å². The van der Waals surface area contributed by atoms with Gasteiger partial charge in [-0.25, -0.2) is 0 Å². The number of oxime groups is 1. The summed E-state index contributed by atoms with van der Waals surface area (Å²) in [6.45, 7) is 6.13. The van der Waals surface area contributed by atoms with Gasteiger partial charge >= 0.3 is 0 Å². The zero-order valence-corrected chi connectivity index (χ0v) is 19.7. The number of fused-ring (bicyclic) bond motifs is 3. The maximum atomic E-state index is 13.3. The summed E-state index contributed by atoms with van der Waals surface area (Å²) in [5.41, 5.74) is 6.82. The minimum absolute atomic E-state index is 0.0385. The van der Waals surface area contributed by atoms with E-state index >= 15 is 0 Å². The number of hydrogen-bond donors (Lipinski definition) is 1. The van der Waals surface area contributed by atoms with Crippen LogP contribution in [0.25, 0.3) is 11.1 Å². The summed E-state index contributed by atoms with van der Waals surface area (Å²) in [5.74, 6) is -0.153. The normalized spacial score (nSPS) is 13.9. The van der Waals surface area contributed by atoms with Crippen molar-refractivity contribution in [3.63, 3.8) is 0 Å². The molecule has 0 spiro atoms. The van der Waals surface area contributed by atoms with Crippen LogP contribution in [0.2, 0.25) is 0 Å². The number of rotatable bonds is 8. The van der Waals surface area contributed by atoms with Gasteiger partial charge in [0.05, 0.1) is 10.6 Å². The number of non-ortho nitro benzene ring substituents is 1.